The molecule has 108 valence electrons. The second kappa shape index (κ2) is 3.98. The van der Waals surface area contributed by atoms with Crippen molar-refractivity contribution < 1.29 is 9.53 Å². The van der Waals surface area contributed by atoms with Gasteiger partial charge in [0.1, 0.15) is 11.9 Å². The number of anilines is 1. The van der Waals surface area contributed by atoms with Crippen LogP contribution in [-0.4, -0.2) is 18.1 Å². The molecule has 0 bridgehead atoms. The van der Waals surface area contributed by atoms with Crippen LogP contribution in [0.1, 0.15) is 50.3 Å². The molecule has 3 rings (SSSR count). The number of ether oxygens (including phenoxy) is 1. The molecular weight excluding hydrogens is 252 g/mol. The fourth-order valence-corrected chi connectivity index (χ4v) is 3.41. The van der Waals surface area contributed by atoms with Crippen LogP contribution >= 0.6 is 0 Å². The third kappa shape index (κ3) is 1.54. The average Bonchev–Trinajstić information content (AvgIpc) is 2.78. The Hall–Kier alpha value is -1.55. The van der Waals surface area contributed by atoms with E-state index in [0.29, 0.717) is 0 Å². The molecule has 0 aliphatic carbocycles. The van der Waals surface area contributed by atoms with Gasteiger partial charge in [0.15, 0.2) is 0 Å². The molecule has 0 spiro atoms. The van der Waals surface area contributed by atoms with Gasteiger partial charge in [0.2, 0.25) is 5.91 Å². The highest BCUT2D eigenvalue weighted by molar-refractivity contribution is 6.07. The van der Waals surface area contributed by atoms with Crippen LogP contribution in [0.15, 0.2) is 6.07 Å². The van der Waals surface area contributed by atoms with E-state index in [1.54, 1.807) is 0 Å². The normalized spacial score (nSPS) is 27.6. The van der Waals surface area contributed by atoms with Crippen LogP contribution in [0.3, 0.4) is 0 Å². The minimum absolute atomic E-state index is 0.0256. The molecule has 1 amide bonds. The molecule has 1 aromatic rings. The fourth-order valence-electron chi connectivity index (χ4n) is 3.41. The first-order chi connectivity index (χ1) is 9.25. The summed E-state index contributed by atoms with van der Waals surface area (Å²) in [6, 6.07) is 2.09. The number of hydrogen-bond acceptors (Lipinski definition) is 3. The molecule has 0 fully saturated rings. The van der Waals surface area contributed by atoms with Gasteiger partial charge in [-0.15, -0.1) is 0 Å². The largest absolute Gasteiger partial charge is 0.487 e. The van der Waals surface area contributed by atoms with Gasteiger partial charge < -0.3 is 15.8 Å². The second-order valence-electron chi connectivity index (χ2n) is 6.67. The summed E-state index contributed by atoms with van der Waals surface area (Å²) in [6.45, 7) is 10.0. The standard InChI is InChI=1S/C16H22N2O2/c1-7-6-10-8(2)13(9(3)17)20-14(10)11-12(7)18-15(19)16(11,4)5/h6,8-9,13H,17H2,1-5H3,(H,18,19). The van der Waals surface area contributed by atoms with E-state index in [-0.39, 0.29) is 24.0 Å². The highest BCUT2D eigenvalue weighted by Gasteiger charge is 2.46. The second-order valence-corrected chi connectivity index (χ2v) is 6.67. The van der Waals surface area contributed by atoms with Gasteiger partial charge in [-0.1, -0.05) is 6.92 Å². The average molecular weight is 274 g/mol. The lowest BCUT2D eigenvalue weighted by Gasteiger charge is -2.21. The van der Waals surface area contributed by atoms with Crippen LogP contribution in [-0.2, 0) is 10.2 Å². The van der Waals surface area contributed by atoms with E-state index in [1.807, 2.05) is 27.7 Å². The van der Waals surface area contributed by atoms with Crippen molar-refractivity contribution in [3.8, 4) is 5.75 Å². The van der Waals surface area contributed by atoms with Crippen molar-refractivity contribution in [2.24, 2.45) is 5.73 Å². The minimum Gasteiger partial charge on any atom is -0.487 e. The third-order valence-corrected chi connectivity index (χ3v) is 4.69. The summed E-state index contributed by atoms with van der Waals surface area (Å²) in [7, 11) is 0. The van der Waals surface area contributed by atoms with E-state index < -0.39 is 5.41 Å². The molecular formula is C16H22N2O2. The highest BCUT2D eigenvalue weighted by Crippen LogP contribution is 2.52. The Morgan fingerprint density at radius 2 is 2.10 bits per heavy atom. The zero-order chi connectivity index (χ0) is 14.8. The van der Waals surface area contributed by atoms with Crippen molar-refractivity contribution in [2.45, 2.75) is 58.1 Å². The van der Waals surface area contributed by atoms with Crippen molar-refractivity contribution in [1.82, 2.24) is 0 Å². The van der Waals surface area contributed by atoms with Gasteiger partial charge in [0.25, 0.3) is 0 Å². The molecule has 2 aliphatic rings. The number of nitrogens with two attached hydrogens (primary N) is 1. The third-order valence-electron chi connectivity index (χ3n) is 4.69. The Kier molecular flexibility index (Phi) is 2.67. The Morgan fingerprint density at radius 1 is 1.45 bits per heavy atom. The zero-order valence-corrected chi connectivity index (χ0v) is 12.7. The number of nitrogens with one attached hydrogen (secondary N) is 1. The smallest absolute Gasteiger partial charge is 0.234 e. The maximum atomic E-state index is 12.2. The van der Waals surface area contributed by atoms with Gasteiger partial charge in [0, 0.05) is 23.1 Å². The van der Waals surface area contributed by atoms with Crippen LogP contribution in [0.25, 0.3) is 0 Å². The van der Waals surface area contributed by atoms with Crippen LogP contribution in [0.5, 0.6) is 5.75 Å². The number of carbonyl (C=O) groups excluding carboxylic acids is 1. The first-order valence-electron chi connectivity index (χ1n) is 7.16. The number of amides is 1. The molecule has 2 aliphatic heterocycles. The summed E-state index contributed by atoms with van der Waals surface area (Å²) in [5.41, 5.74) is 9.66. The Bertz CT molecular complexity index is 605. The maximum absolute atomic E-state index is 12.2. The van der Waals surface area contributed by atoms with Crippen LogP contribution in [0, 0.1) is 6.92 Å². The van der Waals surface area contributed by atoms with Gasteiger partial charge in [-0.3, -0.25) is 4.79 Å². The molecule has 3 unspecified atom stereocenters. The monoisotopic (exact) mass is 274 g/mol. The van der Waals surface area contributed by atoms with Gasteiger partial charge >= 0.3 is 0 Å². The molecule has 1 aromatic carbocycles. The molecule has 0 saturated heterocycles. The first-order valence-corrected chi connectivity index (χ1v) is 7.16. The summed E-state index contributed by atoms with van der Waals surface area (Å²) in [5.74, 6) is 1.15. The van der Waals surface area contributed by atoms with E-state index >= 15 is 0 Å². The maximum Gasteiger partial charge on any atom is 0.234 e. The molecule has 4 nitrogen and oxygen atoms in total. The number of hydrogen-bond donors (Lipinski definition) is 2. The lowest BCUT2D eigenvalue weighted by molar-refractivity contribution is -0.119. The topological polar surface area (TPSA) is 64.3 Å². The zero-order valence-electron chi connectivity index (χ0n) is 12.7. The predicted octanol–water partition coefficient (Wildman–Crippen LogP) is 2.44. The number of carbonyl (C=O) groups is 1. The van der Waals surface area contributed by atoms with Gasteiger partial charge in [0.05, 0.1) is 11.1 Å². The molecule has 3 atom stereocenters. The molecule has 20 heavy (non-hydrogen) atoms. The van der Waals surface area contributed by atoms with Crippen molar-refractivity contribution in [1.29, 1.82) is 0 Å². The highest BCUT2D eigenvalue weighted by atomic mass is 16.5. The van der Waals surface area contributed by atoms with E-state index in [4.69, 9.17) is 10.5 Å². The molecule has 0 radical (unpaired) electrons. The van der Waals surface area contributed by atoms with Crippen LogP contribution < -0.4 is 15.8 Å². The molecule has 0 saturated carbocycles. The lowest BCUT2D eigenvalue weighted by Crippen LogP contribution is -2.37. The van der Waals surface area contributed by atoms with E-state index in [0.717, 1.165) is 22.6 Å². The number of rotatable bonds is 1. The molecule has 2 heterocycles. The summed E-state index contributed by atoms with van der Waals surface area (Å²) < 4.78 is 6.15. The Morgan fingerprint density at radius 3 is 2.70 bits per heavy atom. The van der Waals surface area contributed by atoms with Crippen molar-refractivity contribution in [2.75, 3.05) is 5.32 Å². The van der Waals surface area contributed by atoms with Gasteiger partial charge in [-0.05, 0) is 39.3 Å². The Labute approximate surface area is 119 Å². The number of fused-ring (bicyclic) bond motifs is 3. The summed E-state index contributed by atoms with van der Waals surface area (Å²) in [4.78, 5) is 12.2. The SMILES string of the molecule is Cc1cc2c(c3c1NC(=O)C3(C)C)OC(C(C)N)C2C. The quantitative estimate of drug-likeness (QED) is 0.826. The molecule has 3 N–H and O–H groups in total. The van der Waals surface area contributed by atoms with Crippen molar-refractivity contribution in [3.63, 3.8) is 0 Å². The summed E-state index contributed by atoms with van der Waals surface area (Å²) >= 11 is 0. The van der Waals surface area contributed by atoms with Crippen LogP contribution in [0.2, 0.25) is 0 Å². The fraction of sp³-hybridized carbons (Fsp3) is 0.562. The van der Waals surface area contributed by atoms with Crippen LogP contribution in [0.4, 0.5) is 5.69 Å². The Balaban J connectivity index is 2.23. The van der Waals surface area contributed by atoms with Crippen molar-refractivity contribution in [3.05, 3.63) is 22.8 Å². The number of aryl methyl sites for hydroxylation is 1. The van der Waals surface area contributed by atoms with E-state index in [1.165, 1.54) is 5.56 Å². The summed E-state index contributed by atoms with van der Waals surface area (Å²) in [6.07, 6.45) is -0.0256. The minimum atomic E-state index is -0.558. The lowest BCUT2D eigenvalue weighted by atomic mass is 9.82. The van der Waals surface area contributed by atoms with Gasteiger partial charge in [-0.2, -0.15) is 0 Å². The van der Waals surface area contributed by atoms with Gasteiger partial charge in [-0.25, -0.2) is 0 Å². The molecule has 4 heteroatoms. The van der Waals surface area contributed by atoms with E-state index in [9.17, 15) is 4.79 Å². The van der Waals surface area contributed by atoms with E-state index in [2.05, 4.69) is 18.3 Å². The first kappa shape index (κ1) is 13.4. The van der Waals surface area contributed by atoms with Crippen molar-refractivity contribution >= 4 is 11.6 Å². The summed E-state index contributed by atoms with van der Waals surface area (Å²) in [5, 5.41) is 2.99. The predicted molar refractivity (Wildman–Crippen MR) is 79.3 cm³/mol. The number of benzene rings is 1. The molecule has 0 aromatic heterocycles.